The Hall–Kier alpha value is -1.97. The first-order chi connectivity index (χ1) is 12.3. The molecular formula is C16H21N5O3S. The number of hydrogen-bond acceptors (Lipinski definition) is 7. The number of carbonyl (C=O) groups excluding carboxylic acids is 1. The van der Waals surface area contributed by atoms with Crippen LogP contribution in [-0.4, -0.2) is 70.2 Å². The number of rotatable bonds is 7. The molecule has 0 radical (unpaired) electrons. The van der Waals surface area contributed by atoms with Gasteiger partial charge in [0, 0.05) is 18.6 Å². The van der Waals surface area contributed by atoms with Crippen LogP contribution in [0.15, 0.2) is 35.2 Å². The Morgan fingerprint density at radius 2 is 2.24 bits per heavy atom. The minimum Gasteiger partial charge on any atom is -0.383 e. The maximum absolute atomic E-state index is 12.5. The van der Waals surface area contributed by atoms with Crippen molar-refractivity contribution >= 4 is 17.7 Å². The fraction of sp³-hybridized carbons (Fsp3) is 0.500. The summed E-state index contributed by atoms with van der Waals surface area (Å²) in [5.74, 6) is 1.13. The van der Waals surface area contributed by atoms with E-state index >= 15 is 0 Å². The summed E-state index contributed by atoms with van der Waals surface area (Å²) >= 11 is 1.54. The first kappa shape index (κ1) is 17.8. The SMILES string of the molecule is COCCn1nnnc1C1CN(C(=O)CSc2ccccc2)CCO1. The van der Waals surface area contributed by atoms with Gasteiger partial charge in [0.15, 0.2) is 5.82 Å². The minimum absolute atomic E-state index is 0.0954. The summed E-state index contributed by atoms with van der Waals surface area (Å²) in [6, 6.07) is 9.91. The second-order valence-electron chi connectivity index (χ2n) is 5.55. The monoisotopic (exact) mass is 363 g/mol. The first-order valence-electron chi connectivity index (χ1n) is 8.10. The fourth-order valence-corrected chi connectivity index (χ4v) is 3.39. The molecule has 1 aliphatic heterocycles. The molecule has 2 aromatic rings. The van der Waals surface area contributed by atoms with Gasteiger partial charge in [-0.25, -0.2) is 4.68 Å². The van der Waals surface area contributed by atoms with Crippen molar-refractivity contribution in [3.63, 3.8) is 0 Å². The molecule has 3 rings (SSSR count). The smallest absolute Gasteiger partial charge is 0.233 e. The molecule has 1 saturated heterocycles. The van der Waals surface area contributed by atoms with Crippen molar-refractivity contribution in [1.82, 2.24) is 25.1 Å². The molecule has 0 saturated carbocycles. The molecule has 2 heterocycles. The van der Waals surface area contributed by atoms with E-state index in [1.54, 1.807) is 23.6 Å². The summed E-state index contributed by atoms with van der Waals surface area (Å²) in [6.07, 6.45) is -0.314. The zero-order valence-electron chi connectivity index (χ0n) is 14.1. The second kappa shape index (κ2) is 8.93. The molecule has 8 nitrogen and oxygen atoms in total. The number of morpholine rings is 1. The van der Waals surface area contributed by atoms with Gasteiger partial charge in [-0.1, -0.05) is 18.2 Å². The van der Waals surface area contributed by atoms with Crippen molar-refractivity contribution in [3.05, 3.63) is 36.2 Å². The van der Waals surface area contributed by atoms with Crippen LogP contribution < -0.4 is 0 Å². The summed E-state index contributed by atoms with van der Waals surface area (Å²) in [6.45, 7) is 2.59. The number of ether oxygens (including phenoxy) is 2. The molecule has 0 bridgehead atoms. The van der Waals surface area contributed by atoms with Gasteiger partial charge < -0.3 is 14.4 Å². The van der Waals surface area contributed by atoms with Crippen LogP contribution in [0, 0.1) is 0 Å². The topological polar surface area (TPSA) is 82.4 Å². The Morgan fingerprint density at radius 1 is 1.40 bits per heavy atom. The van der Waals surface area contributed by atoms with E-state index in [0.29, 0.717) is 44.4 Å². The molecule has 1 unspecified atom stereocenters. The van der Waals surface area contributed by atoms with Crippen molar-refractivity contribution < 1.29 is 14.3 Å². The number of hydrogen-bond donors (Lipinski definition) is 0. The number of aromatic nitrogens is 4. The lowest BCUT2D eigenvalue weighted by Gasteiger charge is -2.32. The van der Waals surface area contributed by atoms with Crippen LogP contribution in [-0.2, 0) is 20.8 Å². The highest BCUT2D eigenvalue weighted by Gasteiger charge is 2.29. The Labute approximate surface area is 150 Å². The predicted molar refractivity (Wildman–Crippen MR) is 92.1 cm³/mol. The molecular weight excluding hydrogens is 342 g/mol. The van der Waals surface area contributed by atoms with Gasteiger partial charge in [0.05, 0.1) is 32.1 Å². The second-order valence-corrected chi connectivity index (χ2v) is 6.60. The van der Waals surface area contributed by atoms with E-state index in [1.165, 1.54) is 0 Å². The molecule has 1 aromatic heterocycles. The van der Waals surface area contributed by atoms with Gasteiger partial charge in [-0.15, -0.1) is 16.9 Å². The van der Waals surface area contributed by atoms with Gasteiger partial charge in [-0.3, -0.25) is 4.79 Å². The zero-order chi connectivity index (χ0) is 17.5. The van der Waals surface area contributed by atoms with Gasteiger partial charge in [-0.05, 0) is 22.6 Å². The molecule has 1 aromatic carbocycles. The quantitative estimate of drug-likeness (QED) is 0.679. The average Bonchev–Trinajstić information content (AvgIpc) is 3.14. The van der Waals surface area contributed by atoms with Gasteiger partial charge in [-0.2, -0.15) is 0 Å². The van der Waals surface area contributed by atoms with Crippen LogP contribution in [0.4, 0.5) is 0 Å². The maximum Gasteiger partial charge on any atom is 0.233 e. The molecule has 1 atom stereocenters. The van der Waals surface area contributed by atoms with Crippen molar-refractivity contribution in [1.29, 1.82) is 0 Å². The number of amides is 1. The lowest BCUT2D eigenvalue weighted by Crippen LogP contribution is -2.43. The summed E-state index contributed by atoms with van der Waals surface area (Å²) in [5.41, 5.74) is 0. The van der Waals surface area contributed by atoms with Crippen molar-refractivity contribution in [3.8, 4) is 0 Å². The zero-order valence-corrected chi connectivity index (χ0v) is 14.9. The first-order valence-corrected chi connectivity index (χ1v) is 9.08. The summed E-state index contributed by atoms with van der Waals surface area (Å²) in [7, 11) is 1.63. The third kappa shape index (κ3) is 4.77. The number of thioether (sulfide) groups is 1. The van der Waals surface area contributed by atoms with Gasteiger partial charge in [0.25, 0.3) is 0 Å². The summed E-state index contributed by atoms with van der Waals surface area (Å²) in [5, 5.41) is 11.7. The molecule has 9 heteroatoms. The van der Waals surface area contributed by atoms with Crippen molar-refractivity contribution in [2.75, 3.05) is 39.2 Å². The Bertz CT molecular complexity index is 681. The summed E-state index contributed by atoms with van der Waals surface area (Å²) in [4.78, 5) is 15.4. The van der Waals surface area contributed by atoms with E-state index in [-0.39, 0.29) is 12.0 Å². The number of carbonyl (C=O) groups is 1. The molecule has 1 amide bonds. The average molecular weight is 363 g/mol. The van der Waals surface area contributed by atoms with Crippen molar-refractivity contribution in [2.24, 2.45) is 0 Å². The predicted octanol–water partition coefficient (Wildman–Crippen LogP) is 1.01. The van der Waals surface area contributed by atoms with Gasteiger partial charge >= 0.3 is 0 Å². The van der Waals surface area contributed by atoms with E-state index in [1.807, 2.05) is 35.2 Å². The largest absolute Gasteiger partial charge is 0.383 e. The van der Waals surface area contributed by atoms with Gasteiger partial charge in [0.2, 0.25) is 5.91 Å². The lowest BCUT2D eigenvalue weighted by atomic mass is 10.2. The molecule has 1 fully saturated rings. The highest BCUT2D eigenvalue weighted by molar-refractivity contribution is 8.00. The van der Waals surface area contributed by atoms with Crippen LogP contribution in [0.25, 0.3) is 0 Å². The van der Waals surface area contributed by atoms with E-state index in [0.717, 1.165) is 4.90 Å². The molecule has 25 heavy (non-hydrogen) atoms. The summed E-state index contributed by atoms with van der Waals surface area (Å²) < 4.78 is 12.5. The van der Waals surface area contributed by atoms with Crippen molar-refractivity contribution in [2.45, 2.75) is 17.5 Å². The Morgan fingerprint density at radius 3 is 3.04 bits per heavy atom. The molecule has 134 valence electrons. The molecule has 0 aliphatic carbocycles. The van der Waals surface area contributed by atoms with E-state index < -0.39 is 0 Å². The Kier molecular flexibility index (Phi) is 6.37. The maximum atomic E-state index is 12.5. The highest BCUT2D eigenvalue weighted by Crippen LogP contribution is 2.22. The van der Waals surface area contributed by atoms with Crippen LogP contribution in [0.5, 0.6) is 0 Å². The number of methoxy groups -OCH3 is 1. The van der Waals surface area contributed by atoms with E-state index in [4.69, 9.17) is 9.47 Å². The third-order valence-electron chi connectivity index (χ3n) is 3.88. The van der Waals surface area contributed by atoms with E-state index in [9.17, 15) is 4.79 Å². The van der Waals surface area contributed by atoms with Crippen LogP contribution >= 0.6 is 11.8 Å². The standard InChI is InChI=1S/C16H21N5O3S/c1-23-9-8-21-16(17-18-19-21)14-11-20(7-10-24-14)15(22)12-25-13-5-3-2-4-6-13/h2-6,14H,7-12H2,1H3. The highest BCUT2D eigenvalue weighted by atomic mass is 32.2. The minimum atomic E-state index is -0.314. The van der Waals surface area contributed by atoms with E-state index in [2.05, 4.69) is 15.5 Å². The number of nitrogens with zero attached hydrogens (tertiary/aromatic N) is 5. The van der Waals surface area contributed by atoms with Crippen LogP contribution in [0.2, 0.25) is 0 Å². The molecule has 0 N–H and O–H groups in total. The fourth-order valence-electron chi connectivity index (χ4n) is 2.56. The molecule has 1 aliphatic rings. The van der Waals surface area contributed by atoms with Crippen LogP contribution in [0.3, 0.4) is 0 Å². The number of tetrazole rings is 1. The Balaban J connectivity index is 1.57. The normalized spacial score (nSPS) is 17.6. The number of benzene rings is 1. The van der Waals surface area contributed by atoms with Crippen LogP contribution in [0.1, 0.15) is 11.9 Å². The van der Waals surface area contributed by atoms with Gasteiger partial charge in [0.1, 0.15) is 6.10 Å². The molecule has 0 spiro atoms. The lowest BCUT2D eigenvalue weighted by molar-refractivity contribution is -0.136. The third-order valence-corrected chi connectivity index (χ3v) is 4.88.